The highest BCUT2D eigenvalue weighted by Crippen LogP contribution is 2.30. The van der Waals surface area contributed by atoms with Crippen molar-refractivity contribution in [2.45, 2.75) is 23.4 Å². The Morgan fingerprint density at radius 1 is 0.933 bits per heavy atom. The average Bonchev–Trinajstić information content (AvgIpc) is 2.94. The van der Waals surface area contributed by atoms with E-state index in [1.165, 1.54) is 6.07 Å². The summed E-state index contributed by atoms with van der Waals surface area (Å²) in [6.45, 7) is 2.41. The molecule has 0 aromatic heterocycles. The zero-order chi connectivity index (χ0) is 21.9. The predicted molar refractivity (Wildman–Crippen MR) is 102 cm³/mol. The Labute approximate surface area is 171 Å². The second-order valence-corrected chi connectivity index (χ2v) is 8.93. The molecule has 0 N–H and O–H groups in total. The molecular weight excluding hydrogens is 424 g/mol. The standard InChI is InChI=1S/C20H20F4N2O3S/c21-18-5-2-1-4-16(18)14-25-10-3-11-26(13-12-25)19(27)15-6-8-17(9-7-15)30(28,29)20(22,23)24/h1-2,4-9H,3,10-14H2. The van der Waals surface area contributed by atoms with Crippen LogP contribution in [0.25, 0.3) is 0 Å². The molecule has 3 rings (SSSR count). The van der Waals surface area contributed by atoms with Crippen LogP contribution in [0.1, 0.15) is 22.3 Å². The van der Waals surface area contributed by atoms with Gasteiger partial charge in [0.2, 0.25) is 0 Å². The number of benzene rings is 2. The van der Waals surface area contributed by atoms with Crippen molar-refractivity contribution in [3.8, 4) is 0 Å². The van der Waals surface area contributed by atoms with E-state index in [4.69, 9.17) is 0 Å². The van der Waals surface area contributed by atoms with Crippen molar-refractivity contribution in [2.75, 3.05) is 26.2 Å². The molecule has 1 aliphatic rings. The Kier molecular flexibility index (Phi) is 6.47. The number of alkyl halides is 3. The molecule has 0 atom stereocenters. The number of nitrogens with zero attached hydrogens (tertiary/aromatic N) is 2. The van der Waals surface area contributed by atoms with E-state index in [9.17, 15) is 30.8 Å². The Hall–Kier alpha value is -2.46. The van der Waals surface area contributed by atoms with Crippen LogP contribution in [-0.2, 0) is 16.4 Å². The summed E-state index contributed by atoms with van der Waals surface area (Å²) in [6.07, 6.45) is 0.654. The smallest absolute Gasteiger partial charge is 0.337 e. The minimum absolute atomic E-state index is 0.110. The molecule has 0 aliphatic carbocycles. The van der Waals surface area contributed by atoms with Gasteiger partial charge in [-0.05, 0) is 36.8 Å². The summed E-state index contributed by atoms with van der Waals surface area (Å²) < 4.78 is 74.7. The number of carbonyl (C=O) groups is 1. The maximum Gasteiger partial charge on any atom is 0.501 e. The van der Waals surface area contributed by atoms with Crippen LogP contribution < -0.4 is 0 Å². The molecule has 1 amide bonds. The second kappa shape index (κ2) is 8.73. The van der Waals surface area contributed by atoms with Gasteiger partial charge in [-0.2, -0.15) is 13.2 Å². The number of amides is 1. The van der Waals surface area contributed by atoms with Crippen LogP contribution in [-0.4, -0.2) is 55.8 Å². The minimum atomic E-state index is -5.45. The molecule has 0 saturated carbocycles. The van der Waals surface area contributed by atoms with Crippen LogP contribution in [0.15, 0.2) is 53.4 Å². The maximum atomic E-state index is 13.9. The van der Waals surface area contributed by atoms with Gasteiger partial charge in [0, 0.05) is 43.9 Å². The largest absolute Gasteiger partial charge is 0.501 e. The van der Waals surface area contributed by atoms with E-state index in [2.05, 4.69) is 0 Å². The normalized spacial score (nSPS) is 16.3. The first kappa shape index (κ1) is 22.2. The zero-order valence-electron chi connectivity index (χ0n) is 15.9. The van der Waals surface area contributed by atoms with Gasteiger partial charge in [0.1, 0.15) is 5.82 Å². The highest BCUT2D eigenvalue weighted by Gasteiger charge is 2.46. The Balaban J connectivity index is 1.66. The number of hydrogen-bond acceptors (Lipinski definition) is 4. The average molecular weight is 444 g/mol. The molecular formula is C20H20F4N2O3S. The summed E-state index contributed by atoms with van der Waals surface area (Å²) in [5, 5.41) is 0. The quantitative estimate of drug-likeness (QED) is 0.678. The van der Waals surface area contributed by atoms with Gasteiger partial charge in [-0.1, -0.05) is 18.2 Å². The lowest BCUT2D eigenvalue weighted by Gasteiger charge is -2.22. The van der Waals surface area contributed by atoms with Crippen LogP contribution in [0, 0.1) is 5.82 Å². The predicted octanol–water partition coefficient (Wildman–Crippen LogP) is 3.47. The summed E-state index contributed by atoms with van der Waals surface area (Å²) in [6, 6.07) is 10.2. The maximum absolute atomic E-state index is 13.9. The Bertz CT molecular complexity index is 1010. The summed E-state index contributed by atoms with van der Waals surface area (Å²) in [5.74, 6) is -0.678. The van der Waals surface area contributed by atoms with Crippen molar-refractivity contribution < 1.29 is 30.8 Å². The van der Waals surface area contributed by atoms with E-state index in [1.54, 1.807) is 23.1 Å². The lowest BCUT2D eigenvalue weighted by Crippen LogP contribution is -2.35. The first-order valence-corrected chi connectivity index (χ1v) is 10.7. The fourth-order valence-corrected chi connectivity index (χ4v) is 4.05. The Morgan fingerprint density at radius 3 is 2.23 bits per heavy atom. The van der Waals surface area contributed by atoms with Crippen molar-refractivity contribution >= 4 is 15.7 Å². The third-order valence-electron chi connectivity index (χ3n) is 4.94. The molecule has 162 valence electrons. The van der Waals surface area contributed by atoms with Crippen molar-refractivity contribution in [2.24, 2.45) is 0 Å². The van der Waals surface area contributed by atoms with Gasteiger partial charge in [-0.25, -0.2) is 12.8 Å². The van der Waals surface area contributed by atoms with Crippen LogP contribution in [0.4, 0.5) is 17.6 Å². The van der Waals surface area contributed by atoms with Crippen molar-refractivity contribution in [1.82, 2.24) is 9.80 Å². The second-order valence-electron chi connectivity index (χ2n) is 6.99. The topological polar surface area (TPSA) is 57.7 Å². The van der Waals surface area contributed by atoms with Crippen molar-refractivity contribution in [3.63, 3.8) is 0 Å². The fraction of sp³-hybridized carbons (Fsp3) is 0.350. The molecule has 5 nitrogen and oxygen atoms in total. The van der Waals surface area contributed by atoms with Gasteiger partial charge < -0.3 is 4.90 Å². The minimum Gasteiger partial charge on any atom is -0.337 e. The molecule has 30 heavy (non-hydrogen) atoms. The molecule has 1 heterocycles. The summed E-state index contributed by atoms with van der Waals surface area (Å²) >= 11 is 0. The summed E-state index contributed by atoms with van der Waals surface area (Å²) in [5.41, 5.74) is -4.72. The molecule has 0 bridgehead atoms. The van der Waals surface area contributed by atoms with E-state index in [1.807, 2.05) is 4.90 Å². The molecule has 0 radical (unpaired) electrons. The zero-order valence-corrected chi connectivity index (χ0v) is 16.7. The molecule has 0 unspecified atom stereocenters. The highest BCUT2D eigenvalue weighted by molar-refractivity contribution is 7.92. The van der Waals surface area contributed by atoms with Crippen LogP contribution >= 0.6 is 0 Å². The molecule has 1 fully saturated rings. The van der Waals surface area contributed by atoms with Crippen molar-refractivity contribution in [3.05, 3.63) is 65.5 Å². The van der Waals surface area contributed by atoms with Crippen LogP contribution in [0.3, 0.4) is 0 Å². The first-order valence-electron chi connectivity index (χ1n) is 9.26. The summed E-state index contributed by atoms with van der Waals surface area (Å²) in [4.78, 5) is 15.4. The third kappa shape index (κ3) is 4.81. The number of sulfone groups is 1. The van der Waals surface area contributed by atoms with Gasteiger partial charge in [0.05, 0.1) is 4.90 Å². The third-order valence-corrected chi connectivity index (χ3v) is 6.45. The SMILES string of the molecule is O=C(c1ccc(S(=O)(=O)C(F)(F)F)cc1)N1CCCN(Cc2ccccc2F)CC1. The van der Waals surface area contributed by atoms with Crippen LogP contribution in [0.5, 0.6) is 0 Å². The van der Waals surface area contributed by atoms with Gasteiger partial charge >= 0.3 is 5.51 Å². The monoisotopic (exact) mass is 444 g/mol. The van der Waals surface area contributed by atoms with Gasteiger partial charge in [-0.3, -0.25) is 9.69 Å². The summed E-state index contributed by atoms with van der Waals surface area (Å²) in [7, 11) is -5.45. The van der Waals surface area contributed by atoms with Gasteiger partial charge in [0.25, 0.3) is 15.7 Å². The number of halogens is 4. The molecule has 10 heteroatoms. The molecule has 0 spiro atoms. The lowest BCUT2D eigenvalue weighted by molar-refractivity contribution is -0.0436. The first-order chi connectivity index (χ1) is 14.1. The van der Waals surface area contributed by atoms with E-state index >= 15 is 0 Å². The molecule has 1 saturated heterocycles. The fourth-order valence-electron chi connectivity index (χ4n) is 3.29. The Morgan fingerprint density at radius 2 is 1.60 bits per heavy atom. The van der Waals surface area contributed by atoms with Crippen molar-refractivity contribution in [1.29, 1.82) is 0 Å². The van der Waals surface area contributed by atoms with E-state index < -0.39 is 26.1 Å². The molecule has 2 aromatic carbocycles. The van der Waals surface area contributed by atoms with Crippen LogP contribution in [0.2, 0.25) is 0 Å². The van der Waals surface area contributed by atoms with E-state index in [-0.39, 0.29) is 11.4 Å². The number of hydrogen-bond donors (Lipinski definition) is 0. The number of rotatable bonds is 4. The molecule has 1 aliphatic heterocycles. The molecule has 2 aromatic rings. The highest BCUT2D eigenvalue weighted by atomic mass is 32.2. The van der Waals surface area contributed by atoms with E-state index in [0.717, 1.165) is 24.3 Å². The number of carbonyl (C=O) groups excluding carboxylic acids is 1. The van der Waals surface area contributed by atoms with E-state index in [0.29, 0.717) is 44.7 Å². The lowest BCUT2D eigenvalue weighted by atomic mass is 10.2. The van der Waals surface area contributed by atoms with Gasteiger partial charge in [0.15, 0.2) is 0 Å². The van der Waals surface area contributed by atoms with Gasteiger partial charge in [-0.15, -0.1) is 0 Å².